The fourth-order valence-corrected chi connectivity index (χ4v) is 3.23. The SMILES string of the molecule is C=C.O=C(O)CCCCC(=O)O.O=C(O)c1ccc(C(=O)O)s1.O=C(O)c1cscc1C(=O)O. The first-order valence-electron chi connectivity index (χ1n) is 8.89. The zero-order valence-corrected chi connectivity index (χ0v) is 19.1. The number of aromatic carboxylic acids is 4. The van der Waals surface area contributed by atoms with Crippen molar-refractivity contribution in [3.05, 3.63) is 56.9 Å². The van der Waals surface area contributed by atoms with Crippen LogP contribution in [0.3, 0.4) is 0 Å². The number of aliphatic carboxylic acids is 2. The molecule has 2 heterocycles. The van der Waals surface area contributed by atoms with Crippen LogP contribution in [0.4, 0.5) is 0 Å². The lowest BCUT2D eigenvalue weighted by Gasteiger charge is -1.92. The largest absolute Gasteiger partial charge is 0.481 e. The maximum atomic E-state index is 10.3. The molecule has 0 saturated carbocycles. The fourth-order valence-electron chi connectivity index (χ4n) is 1.75. The summed E-state index contributed by atoms with van der Waals surface area (Å²) in [6, 6.07) is 2.55. The molecular formula is C20H22O12S2. The number of thiophene rings is 2. The molecule has 0 saturated heterocycles. The Bertz CT molecular complexity index is 916. The third-order valence-electron chi connectivity index (χ3n) is 3.18. The van der Waals surface area contributed by atoms with Crippen molar-refractivity contribution in [2.75, 3.05) is 0 Å². The number of rotatable bonds is 9. The number of carboxylic acid groups (broad SMARTS) is 6. The summed E-state index contributed by atoms with van der Waals surface area (Å²) in [6.45, 7) is 6.00. The molecule has 0 atom stereocenters. The molecule has 0 aliphatic heterocycles. The zero-order valence-electron chi connectivity index (χ0n) is 17.5. The average molecular weight is 519 g/mol. The molecule has 14 heteroatoms. The predicted octanol–water partition coefficient (Wildman–Crippen LogP) is 3.81. The number of hydrogen-bond acceptors (Lipinski definition) is 8. The second-order valence-electron chi connectivity index (χ2n) is 5.58. The van der Waals surface area contributed by atoms with Crippen LogP contribution in [-0.4, -0.2) is 66.5 Å². The van der Waals surface area contributed by atoms with Gasteiger partial charge in [-0.25, -0.2) is 19.2 Å². The summed E-state index contributed by atoms with van der Waals surface area (Å²) in [5.74, 6) is -6.34. The molecule has 0 aliphatic rings. The molecule has 186 valence electrons. The van der Waals surface area contributed by atoms with Crippen LogP contribution in [0.15, 0.2) is 36.1 Å². The quantitative estimate of drug-likeness (QED) is 0.206. The molecule has 2 aromatic rings. The van der Waals surface area contributed by atoms with E-state index in [1.165, 1.54) is 22.9 Å². The van der Waals surface area contributed by atoms with E-state index in [9.17, 15) is 28.8 Å². The van der Waals surface area contributed by atoms with Gasteiger partial charge in [0.1, 0.15) is 9.75 Å². The third kappa shape index (κ3) is 14.1. The van der Waals surface area contributed by atoms with Gasteiger partial charge in [-0.1, -0.05) is 0 Å². The van der Waals surface area contributed by atoms with E-state index in [4.69, 9.17) is 30.6 Å². The van der Waals surface area contributed by atoms with Gasteiger partial charge in [-0.2, -0.15) is 11.3 Å². The Labute approximate surface area is 200 Å². The summed E-state index contributed by atoms with van der Waals surface area (Å²) in [6.07, 6.45) is 1.02. The van der Waals surface area contributed by atoms with E-state index in [1.807, 2.05) is 0 Å². The fraction of sp³-hybridized carbons (Fsp3) is 0.200. The summed E-state index contributed by atoms with van der Waals surface area (Å²) < 4.78 is 0. The third-order valence-corrected chi connectivity index (χ3v) is 4.99. The molecule has 0 aliphatic carbocycles. The molecule has 12 nitrogen and oxygen atoms in total. The maximum absolute atomic E-state index is 10.3. The summed E-state index contributed by atoms with van der Waals surface area (Å²) >= 11 is 1.81. The second kappa shape index (κ2) is 17.5. The van der Waals surface area contributed by atoms with Crippen molar-refractivity contribution in [1.82, 2.24) is 0 Å². The van der Waals surface area contributed by atoms with Crippen LogP contribution in [0.25, 0.3) is 0 Å². The molecule has 0 fully saturated rings. The minimum Gasteiger partial charge on any atom is -0.481 e. The van der Waals surface area contributed by atoms with E-state index in [1.54, 1.807) is 0 Å². The van der Waals surface area contributed by atoms with E-state index in [0.717, 1.165) is 22.7 Å². The standard InChI is InChI=1S/2C6H4O4S.C6H10O4.C2H4/c7-5(8)3-1-11-2-4(3)6(9)10;7-5(8)3-1-2-4(11-3)6(9)10;7-5(8)3-1-2-4-6(9)10;1-2/h2*1-2H,(H,7,8)(H,9,10);1-4H2,(H,7,8)(H,9,10);1-2H2. The lowest BCUT2D eigenvalue weighted by molar-refractivity contribution is -0.139. The first kappa shape index (κ1) is 32.1. The lowest BCUT2D eigenvalue weighted by Crippen LogP contribution is -2.03. The Morgan fingerprint density at radius 2 is 0.941 bits per heavy atom. The van der Waals surface area contributed by atoms with Crippen LogP contribution in [0.2, 0.25) is 0 Å². The van der Waals surface area contributed by atoms with Crippen molar-refractivity contribution in [1.29, 1.82) is 0 Å². The Kier molecular flexibility index (Phi) is 16.6. The van der Waals surface area contributed by atoms with Gasteiger partial charge in [-0.3, -0.25) is 9.59 Å². The highest BCUT2D eigenvalue weighted by Gasteiger charge is 2.15. The molecule has 2 rings (SSSR count). The smallest absolute Gasteiger partial charge is 0.345 e. The minimum absolute atomic E-state index is 0.0439. The van der Waals surface area contributed by atoms with Gasteiger partial charge >= 0.3 is 35.8 Å². The van der Waals surface area contributed by atoms with Crippen LogP contribution in [-0.2, 0) is 9.59 Å². The molecule has 6 N–H and O–H groups in total. The molecule has 0 bridgehead atoms. The van der Waals surface area contributed by atoms with E-state index in [2.05, 4.69) is 13.2 Å². The molecule has 0 spiro atoms. The Morgan fingerprint density at radius 1 is 0.618 bits per heavy atom. The molecule has 0 aromatic carbocycles. The van der Waals surface area contributed by atoms with E-state index in [0.29, 0.717) is 12.8 Å². The van der Waals surface area contributed by atoms with Gasteiger partial charge < -0.3 is 30.6 Å². The van der Waals surface area contributed by atoms with Crippen LogP contribution in [0.1, 0.15) is 65.7 Å². The molecule has 2 aromatic heterocycles. The predicted molar refractivity (Wildman–Crippen MR) is 121 cm³/mol. The van der Waals surface area contributed by atoms with Gasteiger partial charge in [-0.05, 0) is 25.0 Å². The Morgan fingerprint density at radius 3 is 1.15 bits per heavy atom. The van der Waals surface area contributed by atoms with Gasteiger partial charge in [0.05, 0.1) is 11.1 Å². The van der Waals surface area contributed by atoms with Crippen molar-refractivity contribution < 1.29 is 59.4 Å². The van der Waals surface area contributed by atoms with Gasteiger partial charge in [0.2, 0.25) is 0 Å². The Balaban J connectivity index is 0. The van der Waals surface area contributed by atoms with E-state index in [-0.39, 0.29) is 33.7 Å². The molecule has 34 heavy (non-hydrogen) atoms. The van der Waals surface area contributed by atoms with Crippen LogP contribution in [0, 0.1) is 0 Å². The molecule has 0 unspecified atom stereocenters. The summed E-state index contributed by atoms with van der Waals surface area (Å²) in [4.78, 5) is 61.1. The lowest BCUT2D eigenvalue weighted by atomic mass is 10.2. The topological polar surface area (TPSA) is 224 Å². The highest BCUT2D eigenvalue weighted by molar-refractivity contribution is 7.15. The van der Waals surface area contributed by atoms with Gasteiger partial charge in [0, 0.05) is 23.6 Å². The number of carbonyl (C=O) groups is 6. The van der Waals surface area contributed by atoms with Gasteiger partial charge in [0.25, 0.3) is 0 Å². The highest BCUT2D eigenvalue weighted by atomic mass is 32.1. The number of hydrogen-bond donors (Lipinski definition) is 6. The van der Waals surface area contributed by atoms with Crippen molar-refractivity contribution in [3.63, 3.8) is 0 Å². The Hall–Kier alpha value is -4.04. The van der Waals surface area contributed by atoms with Gasteiger partial charge in [0.15, 0.2) is 0 Å². The monoisotopic (exact) mass is 518 g/mol. The van der Waals surface area contributed by atoms with E-state index < -0.39 is 35.8 Å². The molecule has 0 radical (unpaired) electrons. The van der Waals surface area contributed by atoms with Crippen molar-refractivity contribution in [3.8, 4) is 0 Å². The van der Waals surface area contributed by atoms with Crippen molar-refractivity contribution in [2.45, 2.75) is 25.7 Å². The number of unbranched alkanes of at least 4 members (excludes halogenated alkanes) is 1. The first-order chi connectivity index (χ1) is 15.9. The van der Waals surface area contributed by atoms with Crippen LogP contribution in [0.5, 0.6) is 0 Å². The molecular weight excluding hydrogens is 496 g/mol. The zero-order chi connectivity index (χ0) is 26.8. The van der Waals surface area contributed by atoms with Crippen molar-refractivity contribution in [2.24, 2.45) is 0 Å². The first-order valence-corrected chi connectivity index (χ1v) is 10.7. The average Bonchev–Trinajstić information content (AvgIpc) is 3.43. The van der Waals surface area contributed by atoms with Crippen LogP contribution < -0.4 is 0 Å². The molecule has 0 amide bonds. The normalized spacial score (nSPS) is 8.94. The summed E-state index contributed by atoms with van der Waals surface area (Å²) in [5, 5.41) is 52.5. The minimum atomic E-state index is -1.20. The number of carboxylic acids is 6. The van der Waals surface area contributed by atoms with Crippen molar-refractivity contribution >= 4 is 58.5 Å². The second-order valence-corrected chi connectivity index (χ2v) is 7.41. The van der Waals surface area contributed by atoms with Crippen LogP contribution >= 0.6 is 22.7 Å². The summed E-state index contributed by atoms with van der Waals surface area (Å²) in [7, 11) is 0. The summed E-state index contributed by atoms with van der Waals surface area (Å²) in [5.41, 5.74) is -0.301. The van der Waals surface area contributed by atoms with E-state index >= 15 is 0 Å². The van der Waals surface area contributed by atoms with Gasteiger partial charge in [-0.15, -0.1) is 24.5 Å². The highest BCUT2D eigenvalue weighted by Crippen LogP contribution is 2.16. The maximum Gasteiger partial charge on any atom is 0.345 e.